The number of methoxy groups -OCH3 is 2. The Morgan fingerprint density at radius 3 is 2.10 bits per heavy atom. The van der Waals surface area contributed by atoms with Gasteiger partial charge in [0.15, 0.2) is 18.0 Å². The fraction of sp³-hybridized carbons (Fsp3) is 0.480. The van der Waals surface area contributed by atoms with Crippen LogP contribution in [-0.2, 0) is 16.8 Å². The van der Waals surface area contributed by atoms with Crippen LogP contribution < -0.4 is 24.6 Å². The second-order valence-electron chi connectivity index (χ2n) is 9.42. The molecule has 0 atom stereocenters. The molecule has 1 heterocycles. The number of benzene rings is 2. The zero-order chi connectivity index (χ0) is 22.4. The van der Waals surface area contributed by atoms with E-state index in [1.807, 2.05) is 18.2 Å². The van der Waals surface area contributed by atoms with Crippen LogP contribution in [0.25, 0.3) is 0 Å². The summed E-state index contributed by atoms with van der Waals surface area (Å²) in [7, 11) is 3.32. The van der Waals surface area contributed by atoms with Crippen molar-refractivity contribution in [3.8, 4) is 11.5 Å². The molecule has 0 aliphatic carbocycles. The zero-order valence-corrected chi connectivity index (χ0v) is 19.5. The van der Waals surface area contributed by atoms with Crippen molar-refractivity contribution in [1.82, 2.24) is 0 Å². The average Bonchev–Trinajstić information content (AvgIpc) is 2.74. The number of piperazine rings is 1. The highest BCUT2D eigenvalue weighted by molar-refractivity contribution is 5.91. The lowest BCUT2D eigenvalue weighted by Crippen LogP contribution is -3.28. The molecular formula is C25H37N3O3+2. The molecule has 0 radical (unpaired) electrons. The summed E-state index contributed by atoms with van der Waals surface area (Å²) in [4.78, 5) is 15.4. The quantitative estimate of drug-likeness (QED) is 0.616. The van der Waals surface area contributed by atoms with Crippen LogP contribution in [-0.4, -0.2) is 52.9 Å². The van der Waals surface area contributed by atoms with Crippen LogP contribution in [0.4, 0.5) is 5.69 Å². The summed E-state index contributed by atoms with van der Waals surface area (Å²) in [6, 6.07) is 14.3. The van der Waals surface area contributed by atoms with Crippen molar-refractivity contribution < 1.29 is 24.1 Å². The Balaban J connectivity index is 1.45. The standard InChI is InChI=1S/C25H35N3O3/c1-25(2,3)20-7-9-21(10-8-20)26-24(29)18-28-14-12-27(13-15-28)17-19-6-11-22(30-4)23(16-19)31-5/h6-11,16H,12-15,17-18H2,1-5H3,(H,26,29)/p+2. The van der Waals surface area contributed by atoms with Gasteiger partial charge >= 0.3 is 0 Å². The summed E-state index contributed by atoms with van der Waals surface area (Å²) < 4.78 is 10.7. The Hall–Kier alpha value is -2.57. The van der Waals surface area contributed by atoms with E-state index in [1.165, 1.54) is 20.9 Å². The van der Waals surface area contributed by atoms with Gasteiger partial charge in [0.1, 0.15) is 32.7 Å². The Kier molecular flexibility index (Phi) is 7.57. The number of nitrogens with one attached hydrogen (secondary N) is 3. The third-order valence-corrected chi connectivity index (χ3v) is 6.01. The predicted molar refractivity (Wildman–Crippen MR) is 123 cm³/mol. The smallest absolute Gasteiger partial charge is 0.279 e. The SMILES string of the molecule is COc1ccc(C[NH+]2CC[NH+](CC(=O)Nc3ccc(C(C)(C)C)cc3)CC2)cc1OC. The first-order valence-electron chi connectivity index (χ1n) is 11.1. The minimum atomic E-state index is 0.0850. The van der Waals surface area contributed by atoms with Gasteiger partial charge in [-0.15, -0.1) is 0 Å². The van der Waals surface area contributed by atoms with Crippen LogP contribution >= 0.6 is 0 Å². The molecule has 1 aliphatic rings. The van der Waals surface area contributed by atoms with Crippen molar-refractivity contribution in [3.63, 3.8) is 0 Å². The molecule has 1 saturated heterocycles. The summed E-state index contributed by atoms with van der Waals surface area (Å²) in [6.07, 6.45) is 0. The number of quaternary nitrogens is 2. The van der Waals surface area contributed by atoms with Crippen molar-refractivity contribution in [2.75, 3.05) is 52.3 Å². The summed E-state index contributed by atoms with van der Waals surface area (Å²) >= 11 is 0. The Labute approximate surface area is 186 Å². The molecule has 1 aliphatic heterocycles. The first kappa shape index (κ1) is 23.1. The number of carbonyl (C=O) groups excluding carboxylic acids is 1. The van der Waals surface area contributed by atoms with Crippen molar-refractivity contribution in [2.24, 2.45) is 0 Å². The van der Waals surface area contributed by atoms with Crippen LogP contribution in [0.5, 0.6) is 11.5 Å². The topological polar surface area (TPSA) is 56.4 Å². The van der Waals surface area contributed by atoms with E-state index >= 15 is 0 Å². The molecule has 1 amide bonds. The Morgan fingerprint density at radius 1 is 0.903 bits per heavy atom. The third-order valence-electron chi connectivity index (χ3n) is 6.01. The Bertz CT molecular complexity index is 867. The number of ether oxygens (including phenoxy) is 2. The highest BCUT2D eigenvalue weighted by atomic mass is 16.5. The van der Waals surface area contributed by atoms with E-state index in [2.05, 4.69) is 50.4 Å². The molecule has 1 fully saturated rings. The van der Waals surface area contributed by atoms with E-state index in [0.717, 1.165) is 49.9 Å². The second-order valence-corrected chi connectivity index (χ2v) is 9.42. The lowest BCUT2D eigenvalue weighted by Gasteiger charge is -2.29. The predicted octanol–water partition coefficient (Wildman–Crippen LogP) is 0.923. The number of rotatable bonds is 7. The van der Waals surface area contributed by atoms with Crippen LogP contribution in [0.3, 0.4) is 0 Å². The van der Waals surface area contributed by atoms with E-state index in [1.54, 1.807) is 14.2 Å². The van der Waals surface area contributed by atoms with E-state index in [9.17, 15) is 4.79 Å². The van der Waals surface area contributed by atoms with Gasteiger partial charge in [0.05, 0.1) is 14.2 Å². The van der Waals surface area contributed by atoms with E-state index < -0.39 is 0 Å². The first-order valence-corrected chi connectivity index (χ1v) is 11.1. The molecule has 168 valence electrons. The highest BCUT2D eigenvalue weighted by Crippen LogP contribution is 2.27. The van der Waals surface area contributed by atoms with Crippen LogP contribution in [0.1, 0.15) is 31.9 Å². The summed E-state index contributed by atoms with van der Waals surface area (Å²) in [5, 5.41) is 3.05. The van der Waals surface area contributed by atoms with Gasteiger partial charge < -0.3 is 24.6 Å². The Morgan fingerprint density at radius 2 is 1.52 bits per heavy atom. The molecule has 2 aromatic rings. The van der Waals surface area contributed by atoms with Gasteiger partial charge in [-0.2, -0.15) is 0 Å². The minimum absolute atomic E-state index is 0.0850. The monoisotopic (exact) mass is 427 g/mol. The van der Waals surface area contributed by atoms with E-state index in [-0.39, 0.29) is 11.3 Å². The normalized spacial score (nSPS) is 19.0. The minimum Gasteiger partial charge on any atom is -0.493 e. The summed E-state index contributed by atoms with van der Waals surface area (Å²) in [5.74, 6) is 1.62. The number of amides is 1. The molecule has 0 aromatic heterocycles. The van der Waals surface area contributed by atoms with Gasteiger partial charge in [-0.25, -0.2) is 0 Å². The van der Waals surface area contributed by atoms with Gasteiger partial charge in [-0.1, -0.05) is 32.9 Å². The molecule has 6 nitrogen and oxygen atoms in total. The molecular weight excluding hydrogens is 390 g/mol. The number of hydrogen-bond donors (Lipinski definition) is 3. The maximum atomic E-state index is 12.5. The summed E-state index contributed by atoms with van der Waals surface area (Å²) in [6.45, 7) is 12.2. The van der Waals surface area contributed by atoms with Gasteiger partial charge in [0.25, 0.3) is 5.91 Å². The second kappa shape index (κ2) is 10.2. The van der Waals surface area contributed by atoms with Crippen LogP contribution in [0.2, 0.25) is 0 Å². The molecule has 0 bridgehead atoms. The van der Waals surface area contributed by atoms with Gasteiger partial charge in [-0.3, -0.25) is 4.79 Å². The first-order chi connectivity index (χ1) is 14.8. The van der Waals surface area contributed by atoms with Crippen molar-refractivity contribution in [2.45, 2.75) is 32.7 Å². The maximum absolute atomic E-state index is 12.5. The lowest BCUT2D eigenvalue weighted by atomic mass is 9.87. The molecule has 0 spiro atoms. The maximum Gasteiger partial charge on any atom is 0.279 e. The number of anilines is 1. The van der Waals surface area contributed by atoms with Crippen molar-refractivity contribution in [1.29, 1.82) is 0 Å². The number of hydrogen-bond acceptors (Lipinski definition) is 3. The fourth-order valence-electron chi connectivity index (χ4n) is 4.08. The van der Waals surface area contributed by atoms with Crippen LogP contribution in [0, 0.1) is 0 Å². The highest BCUT2D eigenvalue weighted by Gasteiger charge is 2.25. The number of carbonyl (C=O) groups is 1. The van der Waals surface area contributed by atoms with Gasteiger partial charge in [0, 0.05) is 11.3 Å². The van der Waals surface area contributed by atoms with Crippen molar-refractivity contribution >= 4 is 11.6 Å². The third kappa shape index (κ3) is 6.45. The molecule has 3 N–H and O–H groups in total. The van der Waals surface area contributed by atoms with E-state index in [4.69, 9.17) is 9.47 Å². The van der Waals surface area contributed by atoms with Gasteiger partial charge in [0.2, 0.25) is 0 Å². The molecule has 31 heavy (non-hydrogen) atoms. The van der Waals surface area contributed by atoms with E-state index in [0.29, 0.717) is 6.54 Å². The fourth-order valence-corrected chi connectivity index (χ4v) is 4.08. The largest absolute Gasteiger partial charge is 0.493 e. The molecule has 0 saturated carbocycles. The lowest BCUT2D eigenvalue weighted by molar-refractivity contribution is -1.02. The van der Waals surface area contributed by atoms with Crippen LogP contribution in [0.15, 0.2) is 42.5 Å². The molecule has 6 heteroatoms. The molecule has 3 rings (SSSR count). The van der Waals surface area contributed by atoms with Gasteiger partial charge in [-0.05, 0) is 41.3 Å². The van der Waals surface area contributed by atoms with Crippen molar-refractivity contribution in [3.05, 3.63) is 53.6 Å². The molecule has 2 aromatic carbocycles. The summed E-state index contributed by atoms with van der Waals surface area (Å²) in [5.41, 5.74) is 3.50. The molecule has 0 unspecified atom stereocenters. The average molecular weight is 428 g/mol. The zero-order valence-electron chi connectivity index (χ0n) is 19.5.